The molecule has 0 radical (unpaired) electrons. The quantitative estimate of drug-likeness (QED) is 0.585. The lowest BCUT2D eigenvalue weighted by Crippen LogP contribution is -2.26. The Kier molecular flexibility index (Phi) is 5.46. The Morgan fingerprint density at radius 2 is 1.96 bits per heavy atom. The van der Waals surface area contributed by atoms with Crippen LogP contribution in [0.25, 0.3) is 0 Å². The molecule has 7 nitrogen and oxygen atoms in total. The summed E-state index contributed by atoms with van der Waals surface area (Å²) in [6.07, 6.45) is 6.80. The van der Waals surface area contributed by atoms with E-state index in [9.17, 15) is 18.5 Å². The minimum absolute atomic E-state index is 0.116. The number of nitro benzene ring substituents is 1. The van der Waals surface area contributed by atoms with E-state index in [0.717, 1.165) is 23.4 Å². The van der Waals surface area contributed by atoms with E-state index in [4.69, 9.17) is 4.74 Å². The minimum Gasteiger partial charge on any atom is -0.491 e. The van der Waals surface area contributed by atoms with E-state index < -0.39 is 14.9 Å². The zero-order valence-corrected chi connectivity index (χ0v) is 14.2. The van der Waals surface area contributed by atoms with Crippen LogP contribution < -0.4 is 9.04 Å². The molecule has 1 aliphatic carbocycles. The number of rotatable bonds is 6. The average Bonchev–Trinajstić information content (AvgIpc) is 2.52. The van der Waals surface area contributed by atoms with Crippen molar-refractivity contribution in [2.75, 3.05) is 24.2 Å². The van der Waals surface area contributed by atoms with Crippen molar-refractivity contribution < 1.29 is 18.1 Å². The summed E-state index contributed by atoms with van der Waals surface area (Å²) in [5, 5.41) is 11.0. The molecule has 0 saturated heterocycles. The van der Waals surface area contributed by atoms with Crippen molar-refractivity contribution in [1.82, 2.24) is 0 Å². The first kappa shape index (κ1) is 17.5. The maximum atomic E-state index is 11.7. The van der Waals surface area contributed by atoms with Crippen molar-refractivity contribution in [3.8, 4) is 5.75 Å². The summed E-state index contributed by atoms with van der Waals surface area (Å²) in [7, 11) is -2.06. The van der Waals surface area contributed by atoms with E-state index in [1.54, 1.807) is 0 Å². The van der Waals surface area contributed by atoms with Gasteiger partial charge in [0, 0.05) is 13.1 Å². The number of nitrogens with zero attached hydrogens (tertiary/aromatic N) is 2. The number of hydrogen-bond acceptors (Lipinski definition) is 5. The van der Waals surface area contributed by atoms with Crippen LogP contribution >= 0.6 is 0 Å². The number of ether oxygens (including phenoxy) is 1. The van der Waals surface area contributed by atoms with E-state index in [-0.39, 0.29) is 11.4 Å². The molecule has 0 aliphatic heterocycles. The van der Waals surface area contributed by atoms with Crippen molar-refractivity contribution >= 4 is 21.4 Å². The predicted molar refractivity (Wildman–Crippen MR) is 88.4 cm³/mol. The number of hydrogen-bond donors (Lipinski definition) is 0. The lowest BCUT2D eigenvalue weighted by atomic mass is 9.90. The summed E-state index contributed by atoms with van der Waals surface area (Å²) in [5.74, 6) is 0.650. The summed E-state index contributed by atoms with van der Waals surface area (Å²) in [6, 6.07) is 3.99. The van der Waals surface area contributed by atoms with Crippen LogP contribution in [-0.2, 0) is 10.0 Å². The molecule has 2 rings (SSSR count). The fourth-order valence-electron chi connectivity index (χ4n) is 2.73. The van der Waals surface area contributed by atoms with Gasteiger partial charge in [-0.2, -0.15) is 0 Å². The van der Waals surface area contributed by atoms with Gasteiger partial charge in [0.2, 0.25) is 10.0 Å². The SMILES string of the molecule is CN(c1ccc([N+](=O)[O-])cc1OCC1CCCCC1)S(C)(=O)=O. The van der Waals surface area contributed by atoms with Crippen LogP contribution in [0.2, 0.25) is 0 Å². The first-order valence-electron chi connectivity index (χ1n) is 7.64. The number of nitro groups is 1. The topological polar surface area (TPSA) is 89.8 Å². The molecule has 8 heteroatoms. The number of non-ortho nitro benzene ring substituents is 1. The second-order valence-electron chi connectivity index (χ2n) is 5.95. The van der Waals surface area contributed by atoms with Crippen LogP contribution in [0.4, 0.5) is 11.4 Å². The standard InChI is InChI=1S/C15H22N2O5S/c1-16(23(2,20)21)14-9-8-13(17(18)19)10-15(14)22-11-12-6-4-3-5-7-12/h8-10,12H,3-7,11H2,1-2H3. The Morgan fingerprint density at radius 1 is 1.30 bits per heavy atom. The van der Waals surface area contributed by atoms with Crippen LogP contribution in [0.3, 0.4) is 0 Å². The molecule has 0 amide bonds. The van der Waals surface area contributed by atoms with Crippen molar-refractivity contribution in [2.45, 2.75) is 32.1 Å². The molecule has 0 aromatic heterocycles. The molecular weight excluding hydrogens is 320 g/mol. The van der Waals surface area contributed by atoms with Gasteiger partial charge in [0.15, 0.2) is 0 Å². The molecular formula is C15H22N2O5S. The van der Waals surface area contributed by atoms with Crippen LogP contribution in [0.5, 0.6) is 5.75 Å². The first-order valence-corrected chi connectivity index (χ1v) is 9.49. The molecule has 23 heavy (non-hydrogen) atoms. The van der Waals surface area contributed by atoms with Crippen molar-refractivity contribution in [3.63, 3.8) is 0 Å². The molecule has 1 aromatic rings. The van der Waals surface area contributed by atoms with Crippen LogP contribution in [-0.4, -0.2) is 33.3 Å². The highest BCUT2D eigenvalue weighted by molar-refractivity contribution is 7.92. The molecule has 0 spiro atoms. The van der Waals surface area contributed by atoms with Gasteiger partial charge in [0.1, 0.15) is 5.75 Å². The third-order valence-corrected chi connectivity index (χ3v) is 5.38. The first-order chi connectivity index (χ1) is 10.8. The third kappa shape index (κ3) is 4.57. The van der Waals surface area contributed by atoms with Gasteiger partial charge in [-0.1, -0.05) is 19.3 Å². The largest absolute Gasteiger partial charge is 0.491 e. The molecule has 0 atom stereocenters. The number of anilines is 1. The van der Waals surface area contributed by atoms with Crippen LogP contribution in [0.15, 0.2) is 18.2 Å². The molecule has 1 saturated carbocycles. The fourth-order valence-corrected chi connectivity index (χ4v) is 3.24. The monoisotopic (exact) mass is 342 g/mol. The summed E-state index contributed by atoms with van der Waals surface area (Å²) in [4.78, 5) is 10.4. The van der Waals surface area contributed by atoms with Gasteiger partial charge in [-0.05, 0) is 24.8 Å². The van der Waals surface area contributed by atoms with Crippen LogP contribution in [0, 0.1) is 16.0 Å². The lowest BCUT2D eigenvalue weighted by Gasteiger charge is -2.24. The highest BCUT2D eigenvalue weighted by Gasteiger charge is 2.21. The molecule has 0 bridgehead atoms. The summed E-state index contributed by atoms with van der Waals surface area (Å²) in [6.45, 7) is 0.450. The summed E-state index contributed by atoms with van der Waals surface area (Å²) >= 11 is 0. The highest BCUT2D eigenvalue weighted by atomic mass is 32.2. The fraction of sp³-hybridized carbons (Fsp3) is 0.600. The van der Waals surface area contributed by atoms with E-state index >= 15 is 0 Å². The highest BCUT2D eigenvalue weighted by Crippen LogP contribution is 2.34. The Hall–Kier alpha value is -1.83. The van der Waals surface area contributed by atoms with Crippen molar-refractivity contribution in [3.05, 3.63) is 28.3 Å². The molecule has 0 N–H and O–H groups in total. The molecule has 1 aliphatic rings. The Bertz CT molecular complexity index is 668. The predicted octanol–water partition coefficient (Wildman–Crippen LogP) is 2.95. The smallest absolute Gasteiger partial charge is 0.273 e. The normalized spacial score (nSPS) is 16.1. The Morgan fingerprint density at radius 3 is 2.52 bits per heavy atom. The van der Waals surface area contributed by atoms with E-state index in [1.165, 1.54) is 44.5 Å². The van der Waals surface area contributed by atoms with E-state index in [0.29, 0.717) is 18.2 Å². The van der Waals surface area contributed by atoms with Gasteiger partial charge in [-0.15, -0.1) is 0 Å². The second kappa shape index (κ2) is 7.16. The van der Waals surface area contributed by atoms with Gasteiger partial charge in [0.25, 0.3) is 5.69 Å². The number of benzene rings is 1. The molecule has 1 fully saturated rings. The van der Waals surface area contributed by atoms with Crippen molar-refractivity contribution in [1.29, 1.82) is 0 Å². The van der Waals surface area contributed by atoms with E-state index in [2.05, 4.69) is 0 Å². The second-order valence-corrected chi connectivity index (χ2v) is 7.97. The van der Waals surface area contributed by atoms with Crippen LogP contribution in [0.1, 0.15) is 32.1 Å². The Balaban J connectivity index is 2.25. The number of sulfonamides is 1. The van der Waals surface area contributed by atoms with Crippen molar-refractivity contribution in [2.24, 2.45) is 5.92 Å². The Labute approximate surface area is 136 Å². The minimum atomic E-state index is -3.47. The summed E-state index contributed by atoms with van der Waals surface area (Å²) < 4.78 is 30.3. The maximum absolute atomic E-state index is 11.7. The molecule has 0 heterocycles. The molecule has 0 unspecified atom stereocenters. The third-order valence-electron chi connectivity index (χ3n) is 4.19. The van der Waals surface area contributed by atoms with Gasteiger partial charge in [-0.25, -0.2) is 8.42 Å². The lowest BCUT2D eigenvalue weighted by molar-refractivity contribution is -0.384. The molecule has 1 aromatic carbocycles. The molecule has 128 valence electrons. The summed E-state index contributed by atoms with van der Waals surface area (Å²) in [5.41, 5.74) is 0.197. The van der Waals surface area contributed by atoms with Gasteiger partial charge >= 0.3 is 0 Å². The average molecular weight is 342 g/mol. The zero-order chi connectivity index (χ0) is 17.0. The van der Waals surface area contributed by atoms with Gasteiger partial charge < -0.3 is 4.74 Å². The van der Waals surface area contributed by atoms with Gasteiger partial charge in [0.05, 0.1) is 29.5 Å². The van der Waals surface area contributed by atoms with E-state index in [1.807, 2.05) is 0 Å². The van der Waals surface area contributed by atoms with Gasteiger partial charge in [-0.3, -0.25) is 14.4 Å². The maximum Gasteiger partial charge on any atom is 0.273 e. The zero-order valence-electron chi connectivity index (χ0n) is 13.4.